The van der Waals surface area contributed by atoms with Crippen LogP contribution < -0.4 is 5.73 Å². The van der Waals surface area contributed by atoms with Gasteiger partial charge in [-0.3, -0.25) is 4.40 Å². The molecule has 0 radical (unpaired) electrons. The molecule has 1 saturated carbocycles. The summed E-state index contributed by atoms with van der Waals surface area (Å²) < 4.78 is 2.10. The van der Waals surface area contributed by atoms with Gasteiger partial charge in [0, 0.05) is 18.3 Å². The molecule has 0 amide bonds. The highest BCUT2D eigenvalue weighted by Crippen LogP contribution is 2.36. The Morgan fingerprint density at radius 1 is 1.47 bits per heavy atom. The van der Waals surface area contributed by atoms with Gasteiger partial charge in [0.25, 0.3) is 0 Å². The molecule has 1 aliphatic carbocycles. The van der Waals surface area contributed by atoms with Crippen LogP contribution in [0.4, 0.5) is 5.82 Å². The molecule has 0 aliphatic heterocycles. The van der Waals surface area contributed by atoms with Crippen molar-refractivity contribution in [2.45, 2.75) is 32.1 Å². The number of rotatable bonds is 1. The van der Waals surface area contributed by atoms with E-state index in [0.29, 0.717) is 11.7 Å². The fraction of sp³-hybridized carbons (Fsp3) is 0.455. The van der Waals surface area contributed by atoms with Gasteiger partial charge < -0.3 is 5.73 Å². The number of hydrogen-bond donors (Lipinski definition) is 1. The zero-order chi connectivity index (χ0) is 10.4. The number of fused-ring (bicyclic) bond motifs is 1. The molecule has 0 unspecified atom stereocenters. The third-order valence-electron chi connectivity index (χ3n) is 3.25. The summed E-state index contributed by atoms with van der Waals surface area (Å²) in [5.41, 5.74) is 7.82. The third-order valence-corrected chi connectivity index (χ3v) is 3.25. The smallest absolute Gasteiger partial charge is 0.149 e. The molecule has 0 spiro atoms. The van der Waals surface area contributed by atoms with Gasteiger partial charge >= 0.3 is 0 Å². The predicted octanol–water partition coefficient (Wildman–Crippen LogP) is 1.89. The molecule has 0 aromatic carbocycles. The van der Waals surface area contributed by atoms with Crippen molar-refractivity contribution in [3.8, 4) is 0 Å². The summed E-state index contributed by atoms with van der Waals surface area (Å²) in [5, 5.41) is 0. The summed E-state index contributed by atoms with van der Waals surface area (Å²) in [5.74, 6) is 2.35. The minimum absolute atomic E-state index is 0.577. The Kier molecular flexibility index (Phi) is 1.71. The highest BCUT2D eigenvalue weighted by Gasteiger charge is 2.25. The van der Waals surface area contributed by atoms with Crippen LogP contribution in [0.3, 0.4) is 0 Å². The van der Waals surface area contributed by atoms with Crippen molar-refractivity contribution < 1.29 is 0 Å². The Bertz CT molecular complexity index is 511. The van der Waals surface area contributed by atoms with Crippen molar-refractivity contribution in [2.24, 2.45) is 0 Å². The van der Waals surface area contributed by atoms with Crippen LogP contribution in [0, 0.1) is 6.92 Å². The standard InChI is InChI=1S/C11H14N4/c1-7-9-10(12)13-5-6-15(9)11(14-7)8-3-2-4-8/h5-6,8H,2-4H2,1H3,(H2,12,13). The quantitative estimate of drug-likeness (QED) is 0.768. The molecule has 4 heteroatoms. The molecule has 0 saturated heterocycles. The van der Waals surface area contributed by atoms with E-state index in [9.17, 15) is 0 Å². The third kappa shape index (κ3) is 1.14. The van der Waals surface area contributed by atoms with E-state index in [1.807, 2.05) is 13.1 Å². The molecule has 4 nitrogen and oxygen atoms in total. The van der Waals surface area contributed by atoms with Gasteiger partial charge in [0.15, 0.2) is 0 Å². The van der Waals surface area contributed by atoms with E-state index in [0.717, 1.165) is 17.0 Å². The molecule has 3 rings (SSSR count). The van der Waals surface area contributed by atoms with E-state index in [1.165, 1.54) is 19.3 Å². The maximum absolute atomic E-state index is 5.86. The average molecular weight is 202 g/mol. The summed E-state index contributed by atoms with van der Waals surface area (Å²) in [7, 11) is 0. The van der Waals surface area contributed by atoms with E-state index >= 15 is 0 Å². The first-order valence-corrected chi connectivity index (χ1v) is 5.36. The predicted molar refractivity (Wildman–Crippen MR) is 58.7 cm³/mol. The van der Waals surface area contributed by atoms with Gasteiger partial charge in [0.1, 0.15) is 17.2 Å². The van der Waals surface area contributed by atoms with Crippen LogP contribution in [0.25, 0.3) is 5.52 Å². The molecule has 2 aromatic rings. The fourth-order valence-electron chi connectivity index (χ4n) is 2.22. The van der Waals surface area contributed by atoms with Gasteiger partial charge in [0.05, 0.1) is 5.69 Å². The molecule has 0 bridgehead atoms. The Balaban J connectivity index is 2.27. The molecule has 2 aromatic heterocycles. The van der Waals surface area contributed by atoms with Crippen LogP contribution >= 0.6 is 0 Å². The normalized spacial score (nSPS) is 16.9. The first-order chi connectivity index (χ1) is 7.27. The zero-order valence-electron chi connectivity index (χ0n) is 8.77. The van der Waals surface area contributed by atoms with E-state index in [4.69, 9.17) is 5.73 Å². The van der Waals surface area contributed by atoms with Crippen molar-refractivity contribution in [1.82, 2.24) is 14.4 Å². The lowest BCUT2D eigenvalue weighted by molar-refractivity contribution is 0.400. The molecule has 15 heavy (non-hydrogen) atoms. The van der Waals surface area contributed by atoms with Crippen LogP contribution in [0.5, 0.6) is 0 Å². The topological polar surface area (TPSA) is 56.2 Å². The number of aromatic nitrogens is 3. The van der Waals surface area contributed by atoms with Crippen molar-refractivity contribution in [2.75, 3.05) is 5.73 Å². The minimum Gasteiger partial charge on any atom is -0.382 e. The second-order valence-electron chi connectivity index (χ2n) is 4.21. The fourth-order valence-corrected chi connectivity index (χ4v) is 2.22. The molecule has 0 atom stereocenters. The lowest BCUT2D eigenvalue weighted by atomic mass is 9.85. The summed E-state index contributed by atoms with van der Waals surface area (Å²) in [6.07, 6.45) is 7.52. The van der Waals surface area contributed by atoms with Crippen LogP contribution in [-0.2, 0) is 0 Å². The maximum Gasteiger partial charge on any atom is 0.149 e. The van der Waals surface area contributed by atoms with Gasteiger partial charge in [-0.05, 0) is 19.8 Å². The van der Waals surface area contributed by atoms with Gasteiger partial charge in [-0.2, -0.15) is 0 Å². The lowest BCUT2D eigenvalue weighted by Gasteiger charge is -2.23. The van der Waals surface area contributed by atoms with Crippen LogP contribution in [0.2, 0.25) is 0 Å². The van der Waals surface area contributed by atoms with E-state index < -0.39 is 0 Å². The molecule has 78 valence electrons. The second-order valence-corrected chi connectivity index (χ2v) is 4.21. The second kappa shape index (κ2) is 2.95. The molecule has 1 fully saturated rings. The number of aryl methyl sites for hydroxylation is 1. The number of anilines is 1. The van der Waals surface area contributed by atoms with E-state index in [1.54, 1.807) is 6.20 Å². The van der Waals surface area contributed by atoms with Crippen molar-refractivity contribution in [3.05, 3.63) is 23.9 Å². The molecule has 2 heterocycles. The number of nitrogen functional groups attached to an aromatic ring is 1. The molecule has 1 aliphatic rings. The number of nitrogens with two attached hydrogens (primary N) is 1. The van der Waals surface area contributed by atoms with Crippen LogP contribution in [0.15, 0.2) is 12.4 Å². The van der Waals surface area contributed by atoms with E-state index in [2.05, 4.69) is 14.4 Å². The van der Waals surface area contributed by atoms with Gasteiger partial charge in [-0.15, -0.1) is 0 Å². The van der Waals surface area contributed by atoms with E-state index in [-0.39, 0.29) is 0 Å². The largest absolute Gasteiger partial charge is 0.382 e. The zero-order valence-corrected chi connectivity index (χ0v) is 8.77. The number of imidazole rings is 1. The lowest BCUT2D eigenvalue weighted by Crippen LogP contribution is -2.12. The summed E-state index contributed by atoms with van der Waals surface area (Å²) in [6.45, 7) is 2.00. The summed E-state index contributed by atoms with van der Waals surface area (Å²) in [4.78, 5) is 8.72. The van der Waals surface area contributed by atoms with Crippen molar-refractivity contribution >= 4 is 11.3 Å². The van der Waals surface area contributed by atoms with Crippen molar-refractivity contribution in [1.29, 1.82) is 0 Å². The highest BCUT2D eigenvalue weighted by molar-refractivity contribution is 5.68. The van der Waals surface area contributed by atoms with Gasteiger partial charge in [-0.1, -0.05) is 6.42 Å². The van der Waals surface area contributed by atoms with Gasteiger partial charge in [-0.25, -0.2) is 9.97 Å². The maximum atomic E-state index is 5.86. The number of hydrogen-bond acceptors (Lipinski definition) is 3. The first-order valence-electron chi connectivity index (χ1n) is 5.36. The van der Waals surface area contributed by atoms with Crippen LogP contribution in [0.1, 0.15) is 36.7 Å². The van der Waals surface area contributed by atoms with Crippen molar-refractivity contribution in [3.63, 3.8) is 0 Å². The van der Waals surface area contributed by atoms with Gasteiger partial charge in [0.2, 0.25) is 0 Å². The Morgan fingerprint density at radius 2 is 2.27 bits per heavy atom. The summed E-state index contributed by atoms with van der Waals surface area (Å²) >= 11 is 0. The monoisotopic (exact) mass is 202 g/mol. The molecule has 2 N–H and O–H groups in total. The number of nitrogens with zero attached hydrogens (tertiary/aromatic N) is 3. The first kappa shape index (κ1) is 8.71. The van der Waals surface area contributed by atoms with Crippen LogP contribution in [-0.4, -0.2) is 14.4 Å². The minimum atomic E-state index is 0.577. The SMILES string of the molecule is Cc1nc(C2CCC2)n2ccnc(N)c12. The Morgan fingerprint density at radius 3 is 2.93 bits per heavy atom. The average Bonchev–Trinajstić information content (AvgIpc) is 2.43. The Hall–Kier alpha value is -1.58. The summed E-state index contributed by atoms with van der Waals surface area (Å²) in [6, 6.07) is 0. The Labute approximate surface area is 88.1 Å². The highest BCUT2D eigenvalue weighted by atomic mass is 15.1. The molecular weight excluding hydrogens is 188 g/mol. The molecular formula is C11H14N4.